The lowest BCUT2D eigenvalue weighted by atomic mass is 10.0. The molecule has 0 aliphatic heterocycles. The minimum Gasteiger partial charge on any atom is -0.411 e. The minimum atomic E-state index is -2.23. The largest absolute Gasteiger partial charge is 0.411 e. The van der Waals surface area contributed by atoms with Crippen molar-refractivity contribution in [1.29, 1.82) is 0 Å². The summed E-state index contributed by atoms with van der Waals surface area (Å²) in [5, 5.41) is -0.0203. The SMILES string of the molecule is CC(C)(C)[Si](C)(C)O[C@@H]1CC(=O)C[C@@H](O[Si](C)(C)C(C)(C)C)[C@@H](OCc2ccccc2)[C@@H]1OCc1ccccc1. The molecule has 3 rings (SSSR count). The van der Waals surface area contributed by atoms with Crippen LogP contribution in [-0.2, 0) is 36.3 Å². The third-order valence-electron chi connectivity index (χ3n) is 8.99. The molecule has 0 aromatic heterocycles. The van der Waals surface area contributed by atoms with Crippen molar-refractivity contribution in [3.05, 3.63) is 71.8 Å². The molecular formula is C33H52O5Si2. The molecule has 2 aromatic carbocycles. The molecule has 1 saturated carbocycles. The highest BCUT2D eigenvalue weighted by Crippen LogP contribution is 2.42. The first-order chi connectivity index (χ1) is 18.5. The van der Waals surface area contributed by atoms with E-state index in [1.807, 2.05) is 36.4 Å². The zero-order chi connectivity index (χ0) is 29.8. The van der Waals surface area contributed by atoms with Gasteiger partial charge < -0.3 is 18.3 Å². The topological polar surface area (TPSA) is 54.0 Å². The van der Waals surface area contributed by atoms with Crippen molar-refractivity contribution in [3.63, 3.8) is 0 Å². The van der Waals surface area contributed by atoms with Crippen LogP contribution in [0.15, 0.2) is 60.7 Å². The molecule has 0 heterocycles. The van der Waals surface area contributed by atoms with Crippen LogP contribution in [-0.4, -0.2) is 46.8 Å². The molecule has 5 nitrogen and oxygen atoms in total. The Hall–Kier alpha value is -1.62. The molecule has 0 radical (unpaired) electrons. The van der Waals surface area contributed by atoms with Gasteiger partial charge in [0.2, 0.25) is 0 Å². The van der Waals surface area contributed by atoms with E-state index in [0.29, 0.717) is 26.1 Å². The zero-order valence-electron chi connectivity index (χ0n) is 26.5. The van der Waals surface area contributed by atoms with Gasteiger partial charge in [-0.3, -0.25) is 4.79 Å². The minimum absolute atomic E-state index is 0.0102. The fourth-order valence-electron chi connectivity index (χ4n) is 4.45. The molecular weight excluding hydrogens is 533 g/mol. The molecule has 0 spiro atoms. The molecule has 222 valence electrons. The molecule has 40 heavy (non-hydrogen) atoms. The van der Waals surface area contributed by atoms with Crippen molar-refractivity contribution in [2.75, 3.05) is 0 Å². The number of hydrogen-bond donors (Lipinski definition) is 0. The molecule has 0 amide bonds. The summed E-state index contributed by atoms with van der Waals surface area (Å²) in [7, 11) is -4.46. The van der Waals surface area contributed by atoms with Gasteiger partial charge in [0.15, 0.2) is 16.6 Å². The van der Waals surface area contributed by atoms with Crippen LogP contribution in [0.3, 0.4) is 0 Å². The second-order valence-corrected chi connectivity index (χ2v) is 23.8. The van der Waals surface area contributed by atoms with Crippen molar-refractivity contribution >= 4 is 22.4 Å². The van der Waals surface area contributed by atoms with Gasteiger partial charge in [0.25, 0.3) is 0 Å². The van der Waals surface area contributed by atoms with Gasteiger partial charge >= 0.3 is 0 Å². The smallest absolute Gasteiger partial charge is 0.192 e. The number of hydrogen-bond acceptors (Lipinski definition) is 5. The second-order valence-electron chi connectivity index (χ2n) is 14.3. The van der Waals surface area contributed by atoms with Crippen molar-refractivity contribution in [2.24, 2.45) is 0 Å². The van der Waals surface area contributed by atoms with Crippen LogP contribution in [0.1, 0.15) is 65.5 Å². The summed E-state index contributed by atoms with van der Waals surface area (Å²) in [5.41, 5.74) is 2.15. The Balaban J connectivity index is 2.05. The summed E-state index contributed by atoms with van der Waals surface area (Å²) in [5.74, 6) is 0.145. The van der Waals surface area contributed by atoms with Crippen LogP contribution in [0.5, 0.6) is 0 Å². The maximum Gasteiger partial charge on any atom is 0.192 e. The number of ether oxygens (including phenoxy) is 2. The number of carbonyl (C=O) groups excluding carboxylic acids is 1. The summed E-state index contributed by atoms with van der Waals surface area (Å²) in [6.45, 7) is 23.1. The fourth-order valence-corrected chi connectivity index (χ4v) is 7.11. The average molecular weight is 585 g/mol. The highest BCUT2D eigenvalue weighted by Gasteiger charge is 2.50. The molecule has 1 aliphatic rings. The van der Waals surface area contributed by atoms with E-state index in [1.54, 1.807) is 0 Å². The molecule has 0 saturated heterocycles. The van der Waals surface area contributed by atoms with Crippen molar-refractivity contribution in [2.45, 2.75) is 128 Å². The molecule has 0 bridgehead atoms. The van der Waals surface area contributed by atoms with E-state index in [1.165, 1.54) is 0 Å². The maximum atomic E-state index is 13.6. The molecule has 4 atom stereocenters. The highest BCUT2D eigenvalue weighted by atomic mass is 28.4. The van der Waals surface area contributed by atoms with Crippen molar-refractivity contribution in [1.82, 2.24) is 0 Å². The monoisotopic (exact) mass is 584 g/mol. The number of carbonyl (C=O) groups is 1. The van der Waals surface area contributed by atoms with E-state index < -0.39 is 41.1 Å². The summed E-state index contributed by atoms with van der Waals surface area (Å²) < 4.78 is 27.5. The number of benzene rings is 2. The third-order valence-corrected chi connectivity index (χ3v) is 18.0. The lowest BCUT2D eigenvalue weighted by Crippen LogP contribution is -2.55. The van der Waals surface area contributed by atoms with Gasteiger partial charge in [-0.25, -0.2) is 0 Å². The number of rotatable bonds is 10. The average Bonchev–Trinajstić information content (AvgIpc) is 2.96. The Morgan fingerprint density at radius 2 is 0.950 bits per heavy atom. The van der Waals surface area contributed by atoms with E-state index in [2.05, 4.69) is 92.0 Å². The van der Waals surface area contributed by atoms with Crippen molar-refractivity contribution in [3.8, 4) is 0 Å². The Morgan fingerprint density at radius 1 is 0.625 bits per heavy atom. The van der Waals surface area contributed by atoms with Crippen LogP contribution in [0, 0.1) is 0 Å². The van der Waals surface area contributed by atoms with E-state index in [0.717, 1.165) is 11.1 Å². The molecule has 7 heteroatoms. The Kier molecular flexibility index (Phi) is 10.8. The molecule has 1 fully saturated rings. The third kappa shape index (κ3) is 8.69. The first-order valence-corrected chi connectivity index (χ1v) is 20.5. The summed E-state index contributed by atoms with van der Waals surface area (Å²) in [4.78, 5) is 13.6. The summed E-state index contributed by atoms with van der Waals surface area (Å²) >= 11 is 0. The van der Waals surface area contributed by atoms with Crippen LogP contribution in [0.4, 0.5) is 0 Å². The molecule has 1 aliphatic carbocycles. The predicted octanol–water partition coefficient (Wildman–Crippen LogP) is 8.30. The molecule has 0 unspecified atom stereocenters. The van der Waals surface area contributed by atoms with Crippen LogP contribution < -0.4 is 0 Å². The maximum absolute atomic E-state index is 13.6. The Bertz CT molecular complexity index is 988. The molecule has 0 N–H and O–H groups in total. The van der Waals surface area contributed by atoms with Crippen LogP contribution in [0.25, 0.3) is 0 Å². The quantitative estimate of drug-likeness (QED) is 0.208. The van der Waals surface area contributed by atoms with E-state index in [4.69, 9.17) is 18.3 Å². The Morgan fingerprint density at radius 3 is 1.25 bits per heavy atom. The number of Topliss-reactive ketones (excluding diaryl/α,β-unsaturated/α-hetero) is 1. The van der Waals surface area contributed by atoms with Crippen LogP contribution in [0.2, 0.25) is 36.3 Å². The summed E-state index contributed by atoms with van der Waals surface area (Å²) in [6.07, 6.45) is -1.14. The first-order valence-electron chi connectivity index (χ1n) is 14.7. The lowest BCUT2D eigenvalue weighted by Gasteiger charge is -2.44. The Labute approximate surface area is 245 Å². The van der Waals surface area contributed by atoms with Gasteiger partial charge in [0.1, 0.15) is 18.0 Å². The predicted molar refractivity (Wildman–Crippen MR) is 168 cm³/mol. The van der Waals surface area contributed by atoms with E-state index in [9.17, 15) is 4.79 Å². The standard InChI is InChI=1S/C33H52O5Si2/c1-32(2,3)39(7,8)37-28-21-27(34)22-29(38-40(9,10)33(4,5)6)31(36-24-26-19-15-12-16-20-26)30(28)35-23-25-17-13-11-14-18-25/h11-20,28-31H,21-24H2,1-10H3/t28-,29-,30-,31-/m1/s1. The van der Waals surface area contributed by atoms with Gasteiger partial charge in [-0.2, -0.15) is 0 Å². The second kappa shape index (κ2) is 13.1. The lowest BCUT2D eigenvalue weighted by molar-refractivity contribution is -0.153. The molecule has 2 aromatic rings. The van der Waals surface area contributed by atoms with Crippen LogP contribution >= 0.6 is 0 Å². The summed E-state index contributed by atoms with van der Waals surface area (Å²) in [6, 6.07) is 20.3. The van der Waals surface area contributed by atoms with E-state index in [-0.39, 0.29) is 15.9 Å². The number of ketones is 1. The first kappa shape index (κ1) is 32.9. The van der Waals surface area contributed by atoms with Gasteiger partial charge in [0, 0.05) is 12.8 Å². The zero-order valence-corrected chi connectivity index (χ0v) is 28.5. The van der Waals surface area contributed by atoms with Gasteiger partial charge in [-0.05, 0) is 47.4 Å². The van der Waals surface area contributed by atoms with Crippen molar-refractivity contribution < 1.29 is 23.1 Å². The fraction of sp³-hybridized carbons (Fsp3) is 0.606. The van der Waals surface area contributed by atoms with Gasteiger partial charge in [0.05, 0.1) is 25.4 Å². The van der Waals surface area contributed by atoms with Gasteiger partial charge in [-0.15, -0.1) is 0 Å². The van der Waals surface area contributed by atoms with Gasteiger partial charge in [-0.1, -0.05) is 102 Å². The van der Waals surface area contributed by atoms with E-state index >= 15 is 0 Å². The normalized spacial score (nSPS) is 23.2. The highest BCUT2D eigenvalue weighted by molar-refractivity contribution is 6.74.